The van der Waals surface area contributed by atoms with Gasteiger partial charge in [0.25, 0.3) is 0 Å². The number of urea groups is 1. The molecule has 1 N–H and O–H groups in total. The monoisotopic (exact) mass is 382 g/mol. The molecule has 0 bridgehead atoms. The van der Waals surface area contributed by atoms with Crippen molar-refractivity contribution < 1.29 is 14.3 Å². The molecule has 2 atom stereocenters. The standard InChI is InChI=1S/C23H30N2O3/c1-16(2)22(19-11-12-20-21(15-19)28-14-8-13-27-20)24-23(26)25(4)17(3)18-9-6-5-7-10-18/h5-7,9-12,15-17,22H,8,13-14H2,1-4H3,(H,24,26)/t17-,22-/m1/s1. The highest BCUT2D eigenvalue weighted by molar-refractivity contribution is 5.75. The third-order valence-electron chi connectivity index (χ3n) is 5.26. The maximum atomic E-state index is 12.9. The van der Waals surface area contributed by atoms with Gasteiger partial charge in [-0.3, -0.25) is 0 Å². The van der Waals surface area contributed by atoms with Crippen LogP contribution in [0, 0.1) is 5.92 Å². The predicted molar refractivity (Wildman–Crippen MR) is 111 cm³/mol. The molecule has 0 fully saturated rings. The molecular formula is C23H30N2O3. The fourth-order valence-corrected chi connectivity index (χ4v) is 3.37. The van der Waals surface area contributed by atoms with Crippen LogP contribution in [0.3, 0.4) is 0 Å². The lowest BCUT2D eigenvalue weighted by atomic mass is 9.95. The Morgan fingerprint density at radius 2 is 1.64 bits per heavy atom. The van der Waals surface area contributed by atoms with E-state index in [1.54, 1.807) is 4.90 Å². The van der Waals surface area contributed by atoms with Gasteiger partial charge in [0.05, 0.1) is 25.3 Å². The van der Waals surface area contributed by atoms with Gasteiger partial charge in [-0.1, -0.05) is 50.2 Å². The van der Waals surface area contributed by atoms with Crippen LogP contribution >= 0.6 is 0 Å². The zero-order valence-electron chi connectivity index (χ0n) is 17.1. The molecule has 1 heterocycles. The summed E-state index contributed by atoms with van der Waals surface area (Å²) in [5.41, 5.74) is 2.13. The van der Waals surface area contributed by atoms with Crippen molar-refractivity contribution in [1.29, 1.82) is 0 Å². The van der Waals surface area contributed by atoms with Crippen molar-refractivity contribution in [3.8, 4) is 11.5 Å². The van der Waals surface area contributed by atoms with Crippen molar-refractivity contribution in [2.75, 3.05) is 20.3 Å². The van der Waals surface area contributed by atoms with Crippen LogP contribution in [0.25, 0.3) is 0 Å². The van der Waals surface area contributed by atoms with Crippen LogP contribution in [-0.4, -0.2) is 31.2 Å². The van der Waals surface area contributed by atoms with Crippen LogP contribution in [0.15, 0.2) is 48.5 Å². The molecule has 1 aliphatic rings. The van der Waals surface area contributed by atoms with E-state index in [-0.39, 0.29) is 24.0 Å². The third-order valence-corrected chi connectivity index (χ3v) is 5.26. The van der Waals surface area contributed by atoms with E-state index in [0.29, 0.717) is 13.2 Å². The summed E-state index contributed by atoms with van der Waals surface area (Å²) >= 11 is 0. The van der Waals surface area contributed by atoms with Gasteiger partial charge >= 0.3 is 6.03 Å². The lowest BCUT2D eigenvalue weighted by molar-refractivity contribution is 0.186. The molecular weight excluding hydrogens is 352 g/mol. The second-order valence-electron chi connectivity index (χ2n) is 7.63. The van der Waals surface area contributed by atoms with E-state index in [4.69, 9.17) is 9.47 Å². The van der Waals surface area contributed by atoms with Gasteiger partial charge in [-0.2, -0.15) is 0 Å². The van der Waals surface area contributed by atoms with Crippen molar-refractivity contribution in [1.82, 2.24) is 10.2 Å². The van der Waals surface area contributed by atoms with E-state index in [0.717, 1.165) is 29.0 Å². The van der Waals surface area contributed by atoms with Crippen molar-refractivity contribution >= 4 is 6.03 Å². The summed E-state index contributed by atoms with van der Waals surface area (Å²) in [5.74, 6) is 1.75. The van der Waals surface area contributed by atoms with Crippen LogP contribution in [-0.2, 0) is 0 Å². The molecule has 0 aliphatic carbocycles. The molecule has 5 nitrogen and oxygen atoms in total. The highest BCUT2D eigenvalue weighted by Gasteiger charge is 2.24. The Labute approximate surface area is 167 Å². The third kappa shape index (κ3) is 4.58. The van der Waals surface area contributed by atoms with Gasteiger partial charge in [0.15, 0.2) is 11.5 Å². The maximum absolute atomic E-state index is 12.9. The fraction of sp³-hybridized carbons (Fsp3) is 0.435. The molecule has 0 spiro atoms. The molecule has 5 heteroatoms. The normalized spacial score (nSPS) is 15.5. The Hall–Kier alpha value is -2.69. The molecule has 150 valence electrons. The number of rotatable bonds is 5. The second kappa shape index (κ2) is 9.00. The summed E-state index contributed by atoms with van der Waals surface area (Å²) in [6.07, 6.45) is 0.872. The summed E-state index contributed by atoms with van der Waals surface area (Å²) < 4.78 is 11.5. The first-order valence-electron chi connectivity index (χ1n) is 9.95. The smallest absolute Gasteiger partial charge is 0.318 e. The molecule has 3 rings (SSSR count). The first-order valence-corrected chi connectivity index (χ1v) is 9.95. The van der Waals surface area contributed by atoms with Crippen LogP contribution < -0.4 is 14.8 Å². The number of hydrogen-bond donors (Lipinski definition) is 1. The Morgan fingerprint density at radius 3 is 2.32 bits per heavy atom. The topological polar surface area (TPSA) is 50.8 Å². The van der Waals surface area contributed by atoms with Crippen molar-refractivity contribution in [2.45, 2.75) is 39.3 Å². The summed E-state index contributed by atoms with van der Waals surface area (Å²) in [4.78, 5) is 14.7. The minimum atomic E-state index is -0.116. The van der Waals surface area contributed by atoms with Gasteiger partial charge in [0.1, 0.15) is 0 Å². The zero-order valence-corrected chi connectivity index (χ0v) is 17.1. The summed E-state index contributed by atoms with van der Waals surface area (Å²) in [6.45, 7) is 7.56. The SMILES string of the molecule is CC(C)[C@@H](NC(=O)N(C)[C@H](C)c1ccccc1)c1ccc2c(c1)OCCCO2. The van der Waals surface area contributed by atoms with Gasteiger partial charge in [0.2, 0.25) is 0 Å². The Kier molecular flexibility index (Phi) is 6.45. The van der Waals surface area contributed by atoms with Crippen LogP contribution in [0.5, 0.6) is 11.5 Å². The molecule has 2 aromatic rings. The number of nitrogens with one attached hydrogen (secondary N) is 1. The van der Waals surface area contributed by atoms with Crippen molar-refractivity contribution in [3.63, 3.8) is 0 Å². The minimum Gasteiger partial charge on any atom is -0.490 e. The van der Waals surface area contributed by atoms with E-state index in [1.165, 1.54) is 0 Å². The van der Waals surface area contributed by atoms with E-state index < -0.39 is 0 Å². The molecule has 0 saturated heterocycles. The van der Waals surface area contributed by atoms with Gasteiger partial charge in [0, 0.05) is 13.5 Å². The van der Waals surface area contributed by atoms with Crippen LogP contribution in [0.2, 0.25) is 0 Å². The summed E-state index contributed by atoms with van der Waals surface area (Å²) in [5, 5.41) is 3.20. The lowest BCUT2D eigenvalue weighted by Crippen LogP contribution is -2.42. The number of fused-ring (bicyclic) bond motifs is 1. The molecule has 2 amide bonds. The number of benzene rings is 2. The first-order chi connectivity index (χ1) is 13.5. The Morgan fingerprint density at radius 1 is 0.964 bits per heavy atom. The van der Waals surface area contributed by atoms with E-state index in [9.17, 15) is 4.79 Å². The molecule has 2 aromatic carbocycles. The fourth-order valence-electron chi connectivity index (χ4n) is 3.37. The lowest BCUT2D eigenvalue weighted by Gasteiger charge is -2.30. The summed E-state index contributed by atoms with van der Waals surface area (Å²) in [6, 6.07) is 15.8. The first kappa shape index (κ1) is 20.1. The average Bonchev–Trinajstić information content (AvgIpc) is 2.96. The van der Waals surface area contributed by atoms with Crippen LogP contribution in [0.1, 0.15) is 50.4 Å². The van der Waals surface area contributed by atoms with Gasteiger partial charge in [-0.25, -0.2) is 4.79 Å². The van der Waals surface area contributed by atoms with Crippen molar-refractivity contribution in [3.05, 3.63) is 59.7 Å². The van der Waals surface area contributed by atoms with E-state index in [2.05, 4.69) is 19.2 Å². The number of hydrogen-bond acceptors (Lipinski definition) is 3. The number of carbonyl (C=O) groups excluding carboxylic acids is 1. The second-order valence-corrected chi connectivity index (χ2v) is 7.63. The Bertz CT molecular complexity index is 792. The molecule has 28 heavy (non-hydrogen) atoms. The Balaban J connectivity index is 1.76. The largest absolute Gasteiger partial charge is 0.490 e. The minimum absolute atomic E-state index is 0.0159. The van der Waals surface area contributed by atoms with Gasteiger partial charge in [-0.05, 0) is 36.1 Å². The molecule has 1 aliphatic heterocycles. The zero-order chi connectivity index (χ0) is 20.1. The highest BCUT2D eigenvalue weighted by Crippen LogP contribution is 2.34. The van der Waals surface area contributed by atoms with Gasteiger partial charge < -0.3 is 19.7 Å². The molecule has 0 aromatic heterocycles. The number of amides is 2. The predicted octanol–water partition coefficient (Wildman–Crippen LogP) is 4.95. The van der Waals surface area contributed by atoms with E-state index in [1.807, 2.05) is 62.5 Å². The summed E-state index contributed by atoms with van der Waals surface area (Å²) in [7, 11) is 1.83. The molecule has 0 unspecified atom stereocenters. The number of nitrogens with zero attached hydrogens (tertiary/aromatic N) is 1. The van der Waals surface area contributed by atoms with Gasteiger partial charge in [-0.15, -0.1) is 0 Å². The van der Waals surface area contributed by atoms with Crippen molar-refractivity contribution in [2.24, 2.45) is 5.92 Å². The number of ether oxygens (including phenoxy) is 2. The maximum Gasteiger partial charge on any atom is 0.318 e. The highest BCUT2D eigenvalue weighted by atomic mass is 16.5. The average molecular weight is 383 g/mol. The van der Waals surface area contributed by atoms with E-state index >= 15 is 0 Å². The quantitative estimate of drug-likeness (QED) is 0.796. The molecule has 0 radical (unpaired) electrons. The van der Waals surface area contributed by atoms with Crippen LogP contribution in [0.4, 0.5) is 4.79 Å². The molecule has 0 saturated carbocycles. The number of carbonyl (C=O) groups is 1.